The number of nitro benzene ring substituents is 2. The highest BCUT2D eigenvalue weighted by atomic mass is 32.2. The van der Waals surface area contributed by atoms with E-state index in [2.05, 4.69) is 20.8 Å². The molecule has 136 valence electrons. The van der Waals surface area contributed by atoms with Gasteiger partial charge in [-0.05, 0) is 23.1 Å². The largest absolute Gasteiger partial charge is 0.365 e. The first kappa shape index (κ1) is 19.4. The summed E-state index contributed by atoms with van der Waals surface area (Å²) in [4.78, 5) is 33.2. The standard InChI is InChI=1S/C17H17N3O5S/c1-17(2,3)10-4-6-12(7-5-10)26-14-9-11(19(22)23)8-13(20(24)25)15(14)16(18)21/h4-9H,1-3H3,(H2,18,21). The minimum absolute atomic E-state index is 0.0497. The second-order valence-electron chi connectivity index (χ2n) is 6.59. The summed E-state index contributed by atoms with van der Waals surface area (Å²) in [6.07, 6.45) is 0. The Morgan fingerprint density at radius 1 is 1.04 bits per heavy atom. The summed E-state index contributed by atoms with van der Waals surface area (Å²) in [7, 11) is 0. The van der Waals surface area contributed by atoms with Gasteiger partial charge in [0.15, 0.2) is 0 Å². The Morgan fingerprint density at radius 2 is 1.62 bits per heavy atom. The highest BCUT2D eigenvalue weighted by molar-refractivity contribution is 7.99. The molecule has 0 radical (unpaired) electrons. The van der Waals surface area contributed by atoms with Crippen LogP contribution in [0.2, 0.25) is 0 Å². The van der Waals surface area contributed by atoms with E-state index in [9.17, 15) is 25.0 Å². The van der Waals surface area contributed by atoms with E-state index >= 15 is 0 Å². The summed E-state index contributed by atoms with van der Waals surface area (Å²) in [5.41, 5.74) is 4.82. The van der Waals surface area contributed by atoms with E-state index in [1.807, 2.05) is 12.1 Å². The minimum atomic E-state index is -1.01. The number of amides is 1. The van der Waals surface area contributed by atoms with Crippen molar-refractivity contribution in [2.45, 2.75) is 36.0 Å². The highest BCUT2D eigenvalue weighted by Crippen LogP contribution is 2.38. The van der Waals surface area contributed by atoms with Gasteiger partial charge in [-0.1, -0.05) is 44.7 Å². The Balaban J connectivity index is 2.55. The number of nitrogens with zero attached hydrogens (tertiary/aromatic N) is 2. The molecule has 0 saturated heterocycles. The molecule has 0 aromatic heterocycles. The molecule has 0 aliphatic carbocycles. The van der Waals surface area contributed by atoms with Crippen molar-refractivity contribution in [3.63, 3.8) is 0 Å². The van der Waals surface area contributed by atoms with Gasteiger partial charge in [0.1, 0.15) is 5.56 Å². The Hall–Kier alpha value is -2.94. The molecule has 9 heteroatoms. The third-order valence-corrected chi connectivity index (χ3v) is 4.72. The molecule has 0 atom stereocenters. The number of hydrogen-bond donors (Lipinski definition) is 1. The van der Waals surface area contributed by atoms with Crippen molar-refractivity contribution >= 4 is 29.0 Å². The van der Waals surface area contributed by atoms with E-state index in [1.54, 1.807) is 12.1 Å². The van der Waals surface area contributed by atoms with Gasteiger partial charge in [0.25, 0.3) is 17.3 Å². The monoisotopic (exact) mass is 375 g/mol. The van der Waals surface area contributed by atoms with Crippen LogP contribution in [0.4, 0.5) is 11.4 Å². The number of nitro groups is 2. The van der Waals surface area contributed by atoms with Crippen molar-refractivity contribution in [2.24, 2.45) is 5.73 Å². The molecule has 0 unspecified atom stereocenters. The van der Waals surface area contributed by atoms with Crippen LogP contribution in [0.15, 0.2) is 46.2 Å². The van der Waals surface area contributed by atoms with E-state index in [1.165, 1.54) is 0 Å². The molecule has 0 heterocycles. The van der Waals surface area contributed by atoms with E-state index in [4.69, 9.17) is 5.73 Å². The summed E-state index contributed by atoms with van der Waals surface area (Å²) >= 11 is 1.02. The van der Waals surface area contributed by atoms with Gasteiger partial charge in [-0.2, -0.15) is 0 Å². The van der Waals surface area contributed by atoms with E-state index in [-0.39, 0.29) is 15.9 Å². The fourth-order valence-electron chi connectivity index (χ4n) is 2.31. The number of non-ortho nitro benzene ring substituents is 1. The Bertz CT molecular complexity index is 889. The molecule has 0 spiro atoms. The first-order valence-electron chi connectivity index (χ1n) is 7.55. The maximum atomic E-state index is 11.7. The topological polar surface area (TPSA) is 129 Å². The molecule has 8 nitrogen and oxygen atoms in total. The number of hydrogen-bond acceptors (Lipinski definition) is 6. The number of rotatable bonds is 5. The van der Waals surface area contributed by atoms with Gasteiger partial charge in [0, 0.05) is 15.9 Å². The molecule has 2 aromatic rings. The summed E-state index contributed by atoms with van der Waals surface area (Å²) in [5, 5.41) is 22.3. The maximum absolute atomic E-state index is 11.7. The second kappa shape index (κ2) is 7.12. The van der Waals surface area contributed by atoms with E-state index in [0.717, 1.165) is 29.5 Å². The van der Waals surface area contributed by atoms with Gasteiger partial charge >= 0.3 is 0 Å². The summed E-state index contributed by atoms with van der Waals surface area (Å²) < 4.78 is 0. The Kier molecular flexibility index (Phi) is 5.31. The molecule has 0 fully saturated rings. The molecule has 0 bridgehead atoms. The number of carbonyl (C=O) groups excluding carboxylic acids is 1. The third kappa shape index (κ3) is 4.17. The second-order valence-corrected chi connectivity index (χ2v) is 7.71. The van der Waals surface area contributed by atoms with Crippen molar-refractivity contribution in [1.29, 1.82) is 0 Å². The first-order chi connectivity index (χ1) is 12.0. The van der Waals surface area contributed by atoms with Gasteiger partial charge in [-0.15, -0.1) is 0 Å². The average Bonchev–Trinajstić information content (AvgIpc) is 2.53. The van der Waals surface area contributed by atoms with Gasteiger partial charge in [-0.3, -0.25) is 25.0 Å². The lowest BCUT2D eigenvalue weighted by Gasteiger charge is -2.19. The molecule has 1 amide bonds. The van der Waals surface area contributed by atoms with E-state index in [0.29, 0.717) is 4.90 Å². The van der Waals surface area contributed by atoms with Crippen molar-refractivity contribution in [3.8, 4) is 0 Å². The van der Waals surface area contributed by atoms with Gasteiger partial charge in [0.2, 0.25) is 0 Å². The lowest BCUT2D eigenvalue weighted by atomic mass is 9.87. The van der Waals surface area contributed by atoms with E-state index < -0.39 is 27.1 Å². The zero-order valence-electron chi connectivity index (χ0n) is 14.4. The molecule has 2 aromatic carbocycles. The number of primary amides is 1. The summed E-state index contributed by atoms with van der Waals surface area (Å²) in [5.74, 6) is -1.01. The zero-order valence-corrected chi connectivity index (χ0v) is 15.2. The van der Waals surface area contributed by atoms with Crippen molar-refractivity contribution in [1.82, 2.24) is 0 Å². The number of carbonyl (C=O) groups is 1. The molecule has 0 aliphatic heterocycles. The quantitative estimate of drug-likeness (QED) is 0.620. The lowest BCUT2D eigenvalue weighted by molar-refractivity contribution is -0.394. The van der Waals surface area contributed by atoms with Crippen LogP contribution in [0.25, 0.3) is 0 Å². The maximum Gasteiger partial charge on any atom is 0.290 e. The molecule has 2 N–H and O–H groups in total. The molecular weight excluding hydrogens is 358 g/mol. The number of nitrogens with two attached hydrogens (primary N) is 1. The first-order valence-corrected chi connectivity index (χ1v) is 8.37. The lowest BCUT2D eigenvalue weighted by Crippen LogP contribution is -2.15. The van der Waals surface area contributed by atoms with Crippen molar-refractivity contribution in [2.75, 3.05) is 0 Å². The van der Waals surface area contributed by atoms with Crippen LogP contribution in [0, 0.1) is 20.2 Å². The summed E-state index contributed by atoms with van der Waals surface area (Å²) in [6, 6.07) is 9.25. The fourth-order valence-corrected chi connectivity index (χ4v) is 3.33. The molecular formula is C17H17N3O5S. The van der Waals surface area contributed by atoms with Gasteiger partial charge in [0.05, 0.1) is 15.9 Å². The molecule has 2 rings (SSSR count). The SMILES string of the molecule is CC(C)(C)c1ccc(Sc2cc([N+](=O)[O-])cc([N+](=O)[O-])c2C(N)=O)cc1. The third-order valence-electron chi connectivity index (χ3n) is 3.67. The molecule has 0 aliphatic rings. The van der Waals surface area contributed by atoms with Crippen LogP contribution >= 0.6 is 11.8 Å². The molecule has 26 heavy (non-hydrogen) atoms. The van der Waals surface area contributed by atoms with Crippen LogP contribution in [-0.2, 0) is 5.41 Å². The van der Waals surface area contributed by atoms with Crippen molar-refractivity contribution in [3.05, 3.63) is 67.8 Å². The predicted octanol–water partition coefficient (Wildman–Crippen LogP) is 4.05. The Labute approximate surface area is 153 Å². The van der Waals surface area contributed by atoms with Crippen LogP contribution in [-0.4, -0.2) is 15.8 Å². The fraction of sp³-hybridized carbons (Fsp3) is 0.235. The minimum Gasteiger partial charge on any atom is -0.365 e. The number of benzene rings is 2. The normalized spacial score (nSPS) is 11.2. The van der Waals surface area contributed by atoms with Crippen LogP contribution in [0.3, 0.4) is 0 Å². The Morgan fingerprint density at radius 3 is 2.04 bits per heavy atom. The van der Waals surface area contributed by atoms with Gasteiger partial charge in [-0.25, -0.2) is 0 Å². The molecule has 0 saturated carbocycles. The zero-order chi connectivity index (χ0) is 19.6. The van der Waals surface area contributed by atoms with Gasteiger partial charge < -0.3 is 5.73 Å². The predicted molar refractivity (Wildman–Crippen MR) is 97.5 cm³/mol. The average molecular weight is 375 g/mol. The summed E-state index contributed by atoms with van der Waals surface area (Å²) in [6.45, 7) is 6.18. The van der Waals surface area contributed by atoms with Crippen molar-refractivity contribution < 1.29 is 14.6 Å². The van der Waals surface area contributed by atoms with Crippen LogP contribution < -0.4 is 5.73 Å². The smallest absolute Gasteiger partial charge is 0.290 e. The highest BCUT2D eigenvalue weighted by Gasteiger charge is 2.28. The van der Waals surface area contributed by atoms with Crippen LogP contribution in [0.5, 0.6) is 0 Å². The van der Waals surface area contributed by atoms with Crippen LogP contribution in [0.1, 0.15) is 36.7 Å².